The van der Waals surface area contributed by atoms with Gasteiger partial charge in [-0.25, -0.2) is 0 Å². The van der Waals surface area contributed by atoms with Crippen molar-refractivity contribution >= 4 is 12.2 Å². The van der Waals surface area contributed by atoms with Crippen LogP contribution in [0, 0.1) is 27.7 Å². The van der Waals surface area contributed by atoms with Crippen LogP contribution in [0.1, 0.15) is 65.6 Å². The second-order valence-corrected chi connectivity index (χ2v) is 23.9. The van der Waals surface area contributed by atoms with Crippen molar-refractivity contribution in [3.63, 3.8) is 0 Å². The molecule has 0 N–H and O–H groups in total. The molecule has 3 aliphatic rings. The summed E-state index contributed by atoms with van der Waals surface area (Å²) in [6, 6.07) is 27.1. The van der Waals surface area contributed by atoms with Gasteiger partial charge >= 0.3 is 240 Å². The predicted octanol–water partition coefficient (Wildman–Crippen LogP) is 4.88. The minimum absolute atomic E-state index is 0. The first kappa shape index (κ1) is 30.3. The van der Waals surface area contributed by atoms with Crippen molar-refractivity contribution in [1.82, 2.24) is 0 Å². The van der Waals surface area contributed by atoms with Crippen molar-refractivity contribution < 1.29 is 45.1 Å². The summed E-state index contributed by atoms with van der Waals surface area (Å²) in [5.74, 6) is 0. The Labute approximate surface area is 263 Å². The van der Waals surface area contributed by atoms with Crippen LogP contribution in [0.2, 0.25) is 8.26 Å². The van der Waals surface area contributed by atoms with Crippen LogP contribution in [0.15, 0.2) is 83.9 Å². The molecule has 2 atom stereocenters. The van der Waals surface area contributed by atoms with E-state index < -0.39 is 20.3 Å². The number of benzene rings is 4. The number of hydrogen-bond donors (Lipinski definition) is 0. The van der Waals surface area contributed by atoms with E-state index in [2.05, 4.69) is 126 Å². The molecule has 2 aliphatic carbocycles. The van der Waals surface area contributed by atoms with E-state index in [1.54, 1.807) is 22.3 Å². The smallest absolute Gasteiger partial charge is 1.00 e. The molecule has 0 radical (unpaired) electrons. The molecular formula is C38H38Cl2Zr. The molecule has 1 fully saturated rings. The molecule has 1 heterocycles. The molecule has 0 aromatic heterocycles. The van der Waals surface area contributed by atoms with Gasteiger partial charge in [-0.3, -0.25) is 0 Å². The summed E-state index contributed by atoms with van der Waals surface area (Å²) >= 11 is -2.69. The summed E-state index contributed by atoms with van der Waals surface area (Å²) in [5, 5.41) is 0. The Balaban J connectivity index is 0.00000169. The monoisotopic (exact) mass is 654 g/mol. The van der Waals surface area contributed by atoms with Crippen LogP contribution in [0.3, 0.4) is 0 Å². The number of allylic oxidation sites excluding steroid dienone is 2. The van der Waals surface area contributed by atoms with Crippen molar-refractivity contribution in [1.29, 1.82) is 0 Å². The van der Waals surface area contributed by atoms with E-state index >= 15 is 0 Å². The normalized spacial score (nSPS) is 18.6. The second-order valence-electron chi connectivity index (χ2n) is 12.5. The predicted molar refractivity (Wildman–Crippen MR) is 165 cm³/mol. The Morgan fingerprint density at radius 1 is 0.512 bits per heavy atom. The summed E-state index contributed by atoms with van der Waals surface area (Å²) in [7, 11) is 0. The molecule has 2 unspecified atom stereocenters. The van der Waals surface area contributed by atoms with E-state index in [4.69, 9.17) is 0 Å². The zero-order valence-corrected chi connectivity index (χ0v) is 28.9. The molecule has 1 saturated heterocycles. The zero-order valence-electron chi connectivity index (χ0n) is 24.9. The van der Waals surface area contributed by atoms with Gasteiger partial charge in [0.1, 0.15) is 0 Å². The van der Waals surface area contributed by atoms with Crippen LogP contribution in [0.5, 0.6) is 0 Å². The van der Waals surface area contributed by atoms with Crippen LogP contribution in [0.4, 0.5) is 0 Å². The molecule has 0 bridgehead atoms. The van der Waals surface area contributed by atoms with Gasteiger partial charge < -0.3 is 24.8 Å². The Hall–Kier alpha value is -2.18. The van der Waals surface area contributed by atoms with Crippen LogP contribution in [0.25, 0.3) is 34.4 Å². The third-order valence-corrected chi connectivity index (χ3v) is 23.3. The van der Waals surface area contributed by atoms with E-state index in [1.807, 2.05) is 0 Å². The van der Waals surface area contributed by atoms with Crippen molar-refractivity contribution in [3.8, 4) is 22.3 Å². The number of halogens is 2. The van der Waals surface area contributed by atoms with Gasteiger partial charge in [0.2, 0.25) is 0 Å². The second kappa shape index (κ2) is 11.1. The largest absolute Gasteiger partial charge is 1.00 e. The Bertz CT molecular complexity index is 1580. The SMILES string of the molecule is CC1=Cc2c(-c3ccccc3)c(C)cc(C)c2[CH]1[Zr+2]1([CH]2C(C)=Cc3c(-c4ccccc4)c(C)cc(C)c32)[CH2][CH2]1.[Cl-].[Cl-]. The number of fused-ring (bicyclic) bond motifs is 2. The van der Waals surface area contributed by atoms with Gasteiger partial charge in [-0.05, 0) is 0 Å². The van der Waals surface area contributed by atoms with E-state index in [0.717, 1.165) is 0 Å². The maximum atomic E-state index is 2.59. The molecule has 1 aliphatic heterocycles. The standard InChI is InChI=1S/2C18H17.C2H4.2ClH.Zr/c2*1-12-9-16-13(2)11-14(3)18(17(16)10-12)15-7-5-4-6-8-15;1-2;;;/h2*4-11H,1-3H3;1-2H2;2*1H;/q;;;;;+2/p-2. The quantitative estimate of drug-likeness (QED) is 0.294. The van der Waals surface area contributed by atoms with Gasteiger partial charge in [-0.2, -0.15) is 0 Å². The van der Waals surface area contributed by atoms with Crippen LogP contribution < -0.4 is 24.8 Å². The number of hydrogen-bond acceptors (Lipinski definition) is 0. The molecule has 7 rings (SSSR count). The minimum atomic E-state index is -2.69. The Morgan fingerprint density at radius 3 is 1.22 bits per heavy atom. The topological polar surface area (TPSA) is 0 Å². The maximum Gasteiger partial charge on any atom is -1.00 e. The first-order valence-electron chi connectivity index (χ1n) is 14.6. The van der Waals surface area contributed by atoms with Crippen molar-refractivity contribution in [3.05, 3.63) is 128 Å². The molecule has 0 saturated carbocycles. The first-order chi connectivity index (χ1) is 18.8. The Morgan fingerprint density at radius 2 is 0.878 bits per heavy atom. The van der Waals surface area contributed by atoms with Crippen LogP contribution in [-0.2, 0) is 20.3 Å². The number of aryl methyl sites for hydroxylation is 4. The molecule has 41 heavy (non-hydrogen) atoms. The average molecular weight is 657 g/mol. The van der Waals surface area contributed by atoms with Gasteiger partial charge in [-0.1, -0.05) is 0 Å². The van der Waals surface area contributed by atoms with Crippen molar-refractivity contribution in [2.75, 3.05) is 0 Å². The fraction of sp³-hybridized carbons (Fsp3) is 0.263. The van der Waals surface area contributed by atoms with Crippen molar-refractivity contribution in [2.24, 2.45) is 0 Å². The summed E-state index contributed by atoms with van der Waals surface area (Å²) in [6.07, 6.45) is 5.18. The van der Waals surface area contributed by atoms with E-state index in [-0.39, 0.29) is 24.8 Å². The number of rotatable bonds is 4. The van der Waals surface area contributed by atoms with Crippen molar-refractivity contribution in [2.45, 2.75) is 57.1 Å². The van der Waals surface area contributed by atoms with E-state index in [1.165, 1.54) is 63.9 Å². The molecule has 3 heteroatoms. The molecular weight excluding hydrogens is 619 g/mol. The molecule has 4 aromatic carbocycles. The first-order valence-corrected chi connectivity index (χ1v) is 20.9. The van der Waals surface area contributed by atoms with E-state index in [0.29, 0.717) is 7.25 Å². The third kappa shape index (κ3) is 4.59. The van der Waals surface area contributed by atoms with Gasteiger partial charge in [0.05, 0.1) is 0 Å². The molecule has 0 spiro atoms. The summed E-state index contributed by atoms with van der Waals surface area (Å²) in [6.45, 7) is 14.3. The maximum absolute atomic E-state index is 2.69. The Kier molecular flexibility index (Phi) is 8.24. The average Bonchev–Trinajstić information content (AvgIpc) is 3.50. The van der Waals surface area contributed by atoms with Crippen LogP contribution in [-0.4, -0.2) is 0 Å². The van der Waals surface area contributed by atoms with E-state index in [9.17, 15) is 0 Å². The minimum Gasteiger partial charge on any atom is -1.00 e. The van der Waals surface area contributed by atoms with Gasteiger partial charge in [0.25, 0.3) is 0 Å². The van der Waals surface area contributed by atoms with Gasteiger partial charge in [-0.15, -0.1) is 0 Å². The van der Waals surface area contributed by atoms with Gasteiger partial charge in [0, 0.05) is 0 Å². The summed E-state index contributed by atoms with van der Waals surface area (Å²) in [4.78, 5) is 0. The summed E-state index contributed by atoms with van der Waals surface area (Å²) in [5.41, 5.74) is 21.1. The molecule has 0 amide bonds. The molecule has 208 valence electrons. The summed E-state index contributed by atoms with van der Waals surface area (Å²) < 4.78 is 4.36. The molecule has 0 nitrogen and oxygen atoms in total. The fourth-order valence-corrected chi connectivity index (χ4v) is 26.7. The van der Waals surface area contributed by atoms with Gasteiger partial charge in [0.15, 0.2) is 0 Å². The molecule has 4 aromatic rings. The fourth-order valence-electron chi connectivity index (χ4n) is 8.56. The van der Waals surface area contributed by atoms with Crippen LogP contribution >= 0.6 is 0 Å². The third-order valence-electron chi connectivity index (χ3n) is 9.96. The zero-order chi connectivity index (χ0) is 27.1.